The number of hydrogen-bond acceptors (Lipinski definition) is 5. The Hall–Kier alpha value is -4.12. The number of hydrogen-bond donors (Lipinski definition) is 1. The molecule has 4 aromatic rings. The lowest BCUT2D eigenvalue weighted by molar-refractivity contribution is -0.140. The smallest absolute Gasteiger partial charge is 0.264 e. The van der Waals surface area contributed by atoms with Crippen molar-refractivity contribution in [2.75, 3.05) is 17.5 Å². The molecule has 0 spiro atoms. The van der Waals surface area contributed by atoms with Crippen molar-refractivity contribution >= 4 is 50.7 Å². The second-order valence-corrected chi connectivity index (χ2v) is 14.9. The van der Waals surface area contributed by atoms with Gasteiger partial charge >= 0.3 is 0 Å². The maximum Gasteiger partial charge on any atom is 0.264 e. The molecule has 0 aromatic heterocycles. The number of amides is 2. The predicted octanol–water partition coefficient (Wildman–Crippen LogP) is 7.82. The van der Waals surface area contributed by atoms with Gasteiger partial charge in [-0.1, -0.05) is 78.9 Å². The molecule has 5 rings (SSSR count). The van der Waals surface area contributed by atoms with Gasteiger partial charge in [0.05, 0.1) is 27.2 Å². The van der Waals surface area contributed by atoms with Gasteiger partial charge in [0.15, 0.2) is 0 Å². The summed E-state index contributed by atoms with van der Waals surface area (Å²) in [6.07, 6.45) is 4.96. The molecule has 1 atom stereocenters. The fourth-order valence-electron chi connectivity index (χ4n) is 6.07. The average Bonchev–Trinajstić information content (AvgIpc) is 3.11. The maximum atomic E-state index is 14.7. The molecular formula is C38H40Cl2FN3O5S. The standard InChI is InChI=1S/C38H40Cl2FN3O5S/c1-2-49-32-18-16-31(17-19-32)44(50(47,48)33-20-14-29(41)15-21-33)26-37(45)43(25-28-13-22-34(39)35(40)23-28)36(24-27-9-5-3-6-10-27)38(46)42-30-11-7-4-8-12-30/h3,5-6,9-10,13-23,30,36H,2,4,7-8,11-12,24-26H2,1H3,(H,42,46). The van der Waals surface area contributed by atoms with Gasteiger partial charge in [0.1, 0.15) is 24.2 Å². The molecule has 12 heteroatoms. The summed E-state index contributed by atoms with van der Waals surface area (Å²) in [5.41, 5.74) is 1.61. The first-order chi connectivity index (χ1) is 24.0. The summed E-state index contributed by atoms with van der Waals surface area (Å²) < 4.78 is 48.8. The second kappa shape index (κ2) is 17.2. The van der Waals surface area contributed by atoms with Crippen LogP contribution in [0.1, 0.15) is 50.2 Å². The number of rotatable bonds is 14. The Bertz CT molecular complexity index is 1860. The lowest BCUT2D eigenvalue weighted by Crippen LogP contribution is -2.55. The van der Waals surface area contributed by atoms with E-state index in [-0.39, 0.29) is 40.5 Å². The van der Waals surface area contributed by atoms with Gasteiger partial charge in [-0.2, -0.15) is 0 Å². The van der Waals surface area contributed by atoms with Crippen LogP contribution in [0, 0.1) is 5.82 Å². The molecule has 1 aliphatic rings. The molecule has 0 aliphatic heterocycles. The van der Waals surface area contributed by atoms with Crippen LogP contribution in [0.2, 0.25) is 10.0 Å². The molecule has 4 aromatic carbocycles. The minimum Gasteiger partial charge on any atom is -0.494 e. The van der Waals surface area contributed by atoms with Gasteiger partial charge in [0.2, 0.25) is 11.8 Å². The van der Waals surface area contributed by atoms with E-state index in [4.69, 9.17) is 27.9 Å². The third kappa shape index (κ3) is 9.56. The Labute approximate surface area is 303 Å². The Morgan fingerprint density at radius 1 is 0.880 bits per heavy atom. The van der Waals surface area contributed by atoms with E-state index in [1.165, 1.54) is 4.90 Å². The number of ether oxygens (including phenoxy) is 1. The molecule has 1 fully saturated rings. The fourth-order valence-corrected chi connectivity index (χ4v) is 7.81. The average molecular weight is 741 g/mol. The van der Waals surface area contributed by atoms with Crippen LogP contribution in [0.15, 0.2) is 102 Å². The molecule has 1 aliphatic carbocycles. The van der Waals surface area contributed by atoms with Crippen molar-refractivity contribution in [1.29, 1.82) is 0 Å². The highest BCUT2D eigenvalue weighted by atomic mass is 35.5. The van der Waals surface area contributed by atoms with Gasteiger partial charge in [-0.25, -0.2) is 12.8 Å². The Morgan fingerprint density at radius 2 is 1.56 bits per heavy atom. The quantitative estimate of drug-likeness (QED) is 0.142. The first-order valence-corrected chi connectivity index (χ1v) is 18.8. The zero-order chi connectivity index (χ0) is 35.7. The van der Waals surface area contributed by atoms with E-state index in [2.05, 4.69) is 5.32 Å². The summed E-state index contributed by atoms with van der Waals surface area (Å²) in [7, 11) is -4.40. The third-order valence-corrected chi connectivity index (χ3v) is 11.2. The van der Waals surface area contributed by atoms with Crippen LogP contribution in [0.5, 0.6) is 5.75 Å². The van der Waals surface area contributed by atoms with Crippen LogP contribution in [0.3, 0.4) is 0 Å². The third-order valence-electron chi connectivity index (χ3n) is 8.68. The minimum absolute atomic E-state index is 0.0318. The number of sulfonamides is 1. The van der Waals surface area contributed by atoms with Gasteiger partial charge in [-0.3, -0.25) is 13.9 Å². The Kier molecular flexibility index (Phi) is 12.8. The van der Waals surface area contributed by atoms with Crippen LogP contribution in [0.4, 0.5) is 10.1 Å². The van der Waals surface area contributed by atoms with Gasteiger partial charge in [-0.15, -0.1) is 0 Å². The first-order valence-electron chi connectivity index (χ1n) is 16.6. The van der Waals surface area contributed by atoms with Crippen LogP contribution in [-0.4, -0.2) is 50.4 Å². The van der Waals surface area contributed by atoms with E-state index in [1.54, 1.807) is 42.5 Å². The van der Waals surface area contributed by atoms with Gasteiger partial charge in [-0.05, 0) is 91.6 Å². The summed E-state index contributed by atoms with van der Waals surface area (Å²) in [5.74, 6) is -1.04. The Morgan fingerprint density at radius 3 is 2.20 bits per heavy atom. The molecule has 0 radical (unpaired) electrons. The van der Waals surface area contributed by atoms with E-state index in [0.29, 0.717) is 22.9 Å². The Balaban J connectivity index is 1.57. The summed E-state index contributed by atoms with van der Waals surface area (Å²) in [6, 6.07) is 24.0. The molecule has 1 unspecified atom stereocenters. The van der Waals surface area contributed by atoms with Crippen molar-refractivity contribution in [3.63, 3.8) is 0 Å². The molecule has 8 nitrogen and oxygen atoms in total. The molecule has 0 heterocycles. The molecule has 1 N–H and O–H groups in total. The number of nitrogens with one attached hydrogen (secondary N) is 1. The highest BCUT2D eigenvalue weighted by Gasteiger charge is 2.35. The zero-order valence-electron chi connectivity index (χ0n) is 27.7. The van der Waals surface area contributed by atoms with Gasteiger partial charge < -0.3 is 15.0 Å². The molecule has 1 saturated carbocycles. The van der Waals surface area contributed by atoms with Crippen molar-refractivity contribution in [2.45, 2.75) is 69.0 Å². The van der Waals surface area contributed by atoms with E-state index < -0.39 is 34.3 Å². The molecular weight excluding hydrogens is 700 g/mol. The summed E-state index contributed by atoms with van der Waals surface area (Å²) in [4.78, 5) is 30.2. The number of halogens is 3. The predicted molar refractivity (Wildman–Crippen MR) is 195 cm³/mol. The topological polar surface area (TPSA) is 96.0 Å². The summed E-state index contributed by atoms with van der Waals surface area (Å²) >= 11 is 12.6. The molecule has 0 saturated heterocycles. The monoisotopic (exact) mass is 739 g/mol. The summed E-state index contributed by atoms with van der Waals surface area (Å²) in [5, 5.41) is 3.79. The van der Waals surface area contributed by atoms with Gasteiger partial charge in [0.25, 0.3) is 10.0 Å². The van der Waals surface area contributed by atoms with Crippen LogP contribution in [0.25, 0.3) is 0 Å². The normalized spacial score (nSPS) is 14.1. The fraction of sp³-hybridized carbons (Fsp3) is 0.316. The van der Waals surface area contributed by atoms with Crippen molar-refractivity contribution in [1.82, 2.24) is 10.2 Å². The molecule has 2 amide bonds. The van der Waals surface area contributed by atoms with E-state index >= 15 is 0 Å². The van der Waals surface area contributed by atoms with Crippen LogP contribution >= 0.6 is 23.2 Å². The van der Waals surface area contributed by atoms with Crippen LogP contribution in [-0.2, 0) is 32.6 Å². The molecule has 0 bridgehead atoms. The second-order valence-electron chi connectivity index (χ2n) is 12.2. The number of benzene rings is 4. The molecule has 50 heavy (non-hydrogen) atoms. The van der Waals surface area contributed by atoms with Crippen molar-refractivity contribution in [3.8, 4) is 5.75 Å². The van der Waals surface area contributed by atoms with Gasteiger partial charge in [0, 0.05) is 19.0 Å². The van der Waals surface area contributed by atoms with E-state index in [9.17, 15) is 22.4 Å². The first kappa shape index (κ1) is 37.1. The van der Waals surface area contributed by atoms with E-state index in [1.807, 2.05) is 37.3 Å². The van der Waals surface area contributed by atoms with Crippen molar-refractivity contribution < 1.29 is 27.1 Å². The van der Waals surface area contributed by atoms with Crippen LogP contribution < -0.4 is 14.4 Å². The minimum atomic E-state index is -4.40. The number of anilines is 1. The largest absolute Gasteiger partial charge is 0.494 e. The number of carbonyl (C=O) groups is 2. The molecule has 264 valence electrons. The number of nitrogens with zero attached hydrogens (tertiary/aromatic N) is 2. The zero-order valence-corrected chi connectivity index (χ0v) is 30.1. The lowest BCUT2D eigenvalue weighted by atomic mass is 9.94. The highest BCUT2D eigenvalue weighted by Crippen LogP contribution is 2.29. The SMILES string of the molecule is CCOc1ccc(N(CC(=O)N(Cc2ccc(Cl)c(Cl)c2)C(Cc2ccccc2)C(=O)NC2CCCCC2)S(=O)(=O)c2ccc(F)cc2)cc1. The number of carbonyl (C=O) groups excluding carboxylic acids is 2. The summed E-state index contributed by atoms with van der Waals surface area (Å²) in [6.45, 7) is 1.53. The lowest BCUT2D eigenvalue weighted by Gasteiger charge is -2.35. The maximum absolute atomic E-state index is 14.7. The van der Waals surface area contributed by atoms with E-state index in [0.717, 1.165) is 66.2 Å². The van der Waals surface area contributed by atoms with Crippen molar-refractivity contribution in [3.05, 3.63) is 124 Å². The highest BCUT2D eigenvalue weighted by molar-refractivity contribution is 7.92. The van der Waals surface area contributed by atoms with Crippen molar-refractivity contribution in [2.24, 2.45) is 0 Å².